The summed E-state index contributed by atoms with van der Waals surface area (Å²) in [5.41, 5.74) is 1.04. The molecule has 5 heteroatoms. The van der Waals surface area contributed by atoms with Crippen molar-refractivity contribution in [2.24, 2.45) is 0 Å². The first kappa shape index (κ1) is 17.0. The van der Waals surface area contributed by atoms with Crippen molar-refractivity contribution in [2.45, 2.75) is 24.4 Å². The van der Waals surface area contributed by atoms with Crippen molar-refractivity contribution in [3.63, 3.8) is 0 Å². The average Bonchev–Trinajstić information content (AvgIpc) is 2.55. The normalized spacial score (nSPS) is 30.3. The Kier molecular flexibility index (Phi) is 6.39. The number of benzene rings is 1. The van der Waals surface area contributed by atoms with Crippen molar-refractivity contribution < 1.29 is 23.7 Å². The minimum absolute atomic E-state index is 0.249. The van der Waals surface area contributed by atoms with Crippen molar-refractivity contribution in [3.8, 4) is 0 Å². The van der Waals surface area contributed by atoms with Gasteiger partial charge in [0.25, 0.3) is 0 Å². The fraction of sp³-hybridized carbons (Fsp3) is 0.529. The van der Waals surface area contributed by atoms with E-state index >= 15 is 0 Å². The van der Waals surface area contributed by atoms with Gasteiger partial charge in [-0.2, -0.15) is 0 Å². The van der Waals surface area contributed by atoms with Crippen LogP contribution < -0.4 is 0 Å². The number of hydrogen-bond donors (Lipinski definition) is 0. The lowest BCUT2D eigenvalue weighted by molar-refractivity contribution is -0.192. The summed E-state index contributed by atoms with van der Waals surface area (Å²) >= 11 is 0. The third-order valence-electron chi connectivity index (χ3n) is 3.79. The number of methoxy groups -OCH3 is 4. The molecule has 0 aromatic heterocycles. The first-order chi connectivity index (χ1) is 10.7. The van der Waals surface area contributed by atoms with E-state index in [1.165, 1.54) is 0 Å². The molecule has 0 unspecified atom stereocenters. The first-order valence-electron chi connectivity index (χ1n) is 7.25. The van der Waals surface area contributed by atoms with Crippen molar-refractivity contribution in [1.82, 2.24) is 0 Å². The molecule has 5 nitrogen and oxygen atoms in total. The summed E-state index contributed by atoms with van der Waals surface area (Å²) in [6, 6.07) is 9.96. The van der Waals surface area contributed by atoms with E-state index in [4.69, 9.17) is 23.7 Å². The highest BCUT2D eigenvalue weighted by molar-refractivity contribution is 5.52. The van der Waals surface area contributed by atoms with Gasteiger partial charge in [0.15, 0.2) is 6.10 Å². The first-order valence-corrected chi connectivity index (χ1v) is 7.25. The maximum Gasteiger partial charge on any atom is 0.150 e. The molecule has 1 aliphatic rings. The van der Waals surface area contributed by atoms with Crippen LogP contribution in [0.5, 0.6) is 0 Å². The number of ether oxygens (including phenoxy) is 5. The minimum Gasteiger partial charge on any atom is -0.487 e. The standard InChI is InChI=1S/C17H24O5/c1-18-11-14-16(20-3)17(21-4)15(19-2)13(22-14)10-12-8-6-5-7-9-12/h5-10,14-17H,11H2,1-4H3/b13-10-/t14-,15+,16-,17-/m1/s1. The molecule has 1 aliphatic heterocycles. The van der Waals surface area contributed by atoms with Crippen LogP contribution in [0.4, 0.5) is 0 Å². The third kappa shape index (κ3) is 3.67. The number of hydrogen-bond acceptors (Lipinski definition) is 5. The van der Waals surface area contributed by atoms with Crippen LogP contribution in [0.1, 0.15) is 5.56 Å². The smallest absolute Gasteiger partial charge is 0.150 e. The minimum atomic E-state index is -0.330. The van der Waals surface area contributed by atoms with Gasteiger partial charge in [0.1, 0.15) is 24.1 Å². The van der Waals surface area contributed by atoms with Gasteiger partial charge in [-0.25, -0.2) is 0 Å². The number of rotatable bonds is 6. The van der Waals surface area contributed by atoms with Crippen LogP contribution in [0.15, 0.2) is 36.1 Å². The molecule has 0 aliphatic carbocycles. The van der Waals surface area contributed by atoms with Crippen LogP contribution >= 0.6 is 0 Å². The topological polar surface area (TPSA) is 46.2 Å². The summed E-state index contributed by atoms with van der Waals surface area (Å²) in [5.74, 6) is 0.718. The summed E-state index contributed by atoms with van der Waals surface area (Å²) in [6.45, 7) is 0.418. The SMILES string of the molecule is COC[C@H]1O/C(=C\c2ccccc2)[C@H](OC)[C@@H](OC)[C@@H]1OC. The molecule has 0 spiro atoms. The van der Waals surface area contributed by atoms with E-state index < -0.39 is 0 Å². The molecule has 0 saturated carbocycles. The third-order valence-corrected chi connectivity index (χ3v) is 3.79. The molecule has 0 amide bonds. The average molecular weight is 308 g/mol. The molecular weight excluding hydrogens is 284 g/mol. The predicted molar refractivity (Wildman–Crippen MR) is 83.6 cm³/mol. The highest BCUT2D eigenvalue weighted by Gasteiger charge is 2.44. The van der Waals surface area contributed by atoms with Gasteiger partial charge in [0, 0.05) is 28.4 Å². The molecule has 1 saturated heterocycles. The summed E-state index contributed by atoms with van der Waals surface area (Å²) in [4.78, 5) is 0. The van der Waals surface area contributed by atoms with Crippen LogP contribution in [0.25, 0.3) is 6.08 Å². The molecular formula is C17H24O5. The molecule has 4 atom stereocenters. The van der Waals surface area contributed by atoms with Crippen molar-refractivity contribution in [1.29, 1.82) is 0 Å². The molecule has 1 fully saturated rings. The molecule has 0 N–H and O–H groups in total. The zero-order valence-corrected chi connectivity index (χ0v) is 13.5. The Bertz CT molecular complexity index is 473. The molecule has 0 bridgehead atoms. The Hall–Kier alpha value is -1.40. The van der Waals surface area contributed by atoms with E-state index in [-0.39, 0.29) is 24.4 Å². The van der Waals surface area contributed by atoms with E-state index in [0.29, 0.717) is 6.61 Å². The zero-order chi connectivity index (χ0) is 15.9. The van der Waals surface area contributed by atoms with E-state index in [0.717, 1.165) is 11.3 Å². The summed E-state index contributed by atoms with van der Waals surface area (Å²) in [6.07, 6.45) is 0.862. The predicted octanol–water partition coefficient (Wildman–Crippen LogP) is 2.12. The molecule has 122 valence electrons. The lowest BCUT2D eigenvalue weighted by Gasteiger charge is -2.42. The van der Waals surface area contributed by atoms with Crippen molar-refractivity contribution in [2.75, 3.05) is 35.0 Å². The largest absolute Gasteiger partial charge is 0.487 e. The lowest BCUT2D eigenvalue weighted by atomic mass is 9.96. The van der Waals surface area contributed by atoms with Crippen molar-refractivity contribution in [3.05, 3.63) is 41.7 Å². The van der Waals surface area contributed by atoms with Gasteiger partial charge < -0.3 is 23.7 Å². The van der Waals surface area contributed by atoms with E-state index in [9.17, 15) is 0 Å². The van der Waals surface area contributed by atoms with Crippen LogP contribution in [0.3, 0.4) is 0 Å². The second-order valence-electron chi connectivity index (χ2n) is 5.13. The highest BCUT2D eigenvalue weighted by Crippen LogP contribution is 2.30. The van der Waals surface area contributed by atoms with Crippen LogP contribution in [-0.4, -0.2) is 59.5 Å². The lowest BCUT2D eigenvalue weighted by Crippen LogP contribution is -2.55. The van der Waals surface area contributed by atoms with Crippen LogP contribution in [0.2, 0.25) is 0 Å². The monoisotopic (exact) mass is 308 g/mol. The fourth-order valence-corrected chi connectivity index (χ4v) is 2.77. The Labute approximate surface area is 131 Å². The quantitative estimate of drug-likeness (QED) is 0.805. The van der Waals surface area contributed by atoms with Gasteiger partial charge in [0.05, 0.1) is 6.61 Å². The fourth-order valence-electron chi connectivity index (χ4n) is 2.77. The second-order valence-corrected chi connectivity index (χ2v) is 5.13. The van der Waals surface area contributed by atoms with Gasteiger partial charge in [-0.05, 0) is 11.6 Å². The molecule has 1 aromatic carbocycles. The van der Waals surface area contributed by atoms with Gasteiger partial charge in [-0.1, -0.05) is 30.3 Å². The van der Waals surface area contributed by atoms with Gasteiger partial charge in [-0.3, -0.25) is 0 Å². The maximum atomic E-state index is 6.08. The Morgan fingerprint density at radius 2 is 1.64 bits per heavy atom. The van der Waals surface area contributed by atoms with Gasteiger partial charge >= 0.3 is 0 Å². The Morgan fingerprint density at radius 3 is 2.18 bits per heavy atom. The molecule has 2 rings (SSSR count). The van der Waals surface area contributed by atoms with Crippen molar-refractivity contribution >= 4 is 6.08 Å². The van der Waals surface area contributed by atoms with Gasteiger partial charge in [0.2, 0.25) is 0 Å². The van der Waals surface area contributed by atoms with E-state index in [2.05, 4.69) is 0 Å². The molecule has 1 heterocycles. The second kappa shape index (κ2) is 8.29. The summed E-state index contributed by atoms with van der Waals surface area (Å²) in [5, 5.41) is 0. The zero-order valence-electron chi connectivity index (χ0n) is 13.5. The molecule has 1 aromatic rings. The molecule has 22 heavy (non-hydrogen) atoms. The highest BCUT2D eigenvalue weighted by atomic mass is 16.6. The summed E-state index contributed by atoms with van der Waals surface area (Å²) in [7, 11) is 6.57. The summed E-state index contributed by atoms with van der Waals surface area (Å²) < 4.78 is 28.1. The maximum absolute atomic E-state index is 6.08. The van der Waals surface area contributed by atoms with Crippen LogP contribution in [0, 0.1) is 0 Å². The Morgan fingerprint density at radius 1 is 0.955 bits per heavy atom. The molecule has 0 radical (unpaired) electrons. The van der Waals surface area contributed by atoms with E-state index in [1.807, 2.05) is 36.4 Å². The Balaban J connectivity index is 2.33. The van der Waals surface area contributed by atoms with Gasteiger partial charge in [-0.15, -0.1) is 0 Å². The van der Waals surface area contributed by atoms with E-state index in [1.54, 1.807) is 28.4 Å². The van der Waals surface area contributed by atoms with Crippen LogP contribution in [-0.2, 0) is 23.7 Å².